The Kier molecular flexibility index (Phi) is 6.15. The number of hydrogen-bond donors (Lipinski definition) is 2. The summed E-state index contributed by atoms with van der Waals surface area (Å²) >= 11 is 0. The first kappa shape index (κ1) is 23.0. The Morgan fingerprint density at radius 2 is 1.84 bits per heavy atom. The molecule has 188 valence electrons. The van der Waals surface area contributed by atoms with Crippen LogP contribution in [0.1, 0.15) is 24.6 Å². The molecule has 0 atom stereocenters. The first-order chi connectivity index (χ1) is 18.1. The number of nitrogens with two attached hydrogens (primary N) is 1. The van der Waals surface area contributed by atoms with E-state index in [1.165, 1.54) is 18.5 Å². The van der Waals surface area contributed by atoms with Crippen LogP contribution in [0.25, 0.3) is 22.3 Å². The van der Waals surface area contributed by atoms with E-state index in [0.29, 0.717) is 54.2 Å². The highest BCUT2D eigenvalue weighted by Gasteiger charge is 2.24. The van der Waals surface area contributed by atoms with Crippen LogP contribution in [0.4, 0.5) is 10.2 Å². The van der Waals surface area contributed by atoms with Crippen LogP contribution < -0.4 is 15.2 Å². The van der Waals surface area contributed by atoms with Gasteiger partial charge in [0.15, 0.2) is 5.65 Å². The summed E-state index contributed by atoms with van der Waals surface area (Å²) in [5.41, 5.74) is 9.40. The zero-order valence-corrected chi connectivity index (χ0v) is 19.9. The van der Waals surface area contributed by atoms with Crippen LogP contribution in [0.3, 0.4) is 0 Å². The number of benzene rings is 2. The van der Waals surface area contributed by atoms with E-state index in [2.05, 4.69) is 15.0 Å². The number of aromatic amines is 1. The third kappa shape index (κ3) is 4.83. The van der Waals surface area contributed by atoms with Crippen molar-refractivity contribution in [3.8, 4) is 28.5 Å². The summed E-state index contributed by atoms with van der Waals surface area (Å²) in [5.74, 6) is 1.19. The summed E-state index contributed by atoms with van der Waals surface area (Å²) in [6, 6.07) is 15.6. The predicted octanol–water partition coefficient (Wildman–Crippen LogP) is 5.27. The lowest BCUT2D eigenvalue weighted by atomic mass is 10.1. The standard InChI is InChI=1S/C27H25FN6O3/c28-18-12-22(36-15-19-2-1-9-30-19)14-23(13-18)37-21-5-3-17(4-6-21)25-24-26(29)31-16-32-27(24)34(33-25)20-7-10-35-11-8-20/h1-6,9,12-14,16,20,30H,7-8,10-11,15H2,(H2,29,31,32). The van der Waals surface area contributed by atoms with Gasteiger partial charge in [0.2, 0.25) is 0 Å². The quantitative estimate of drug-likeness (QED) is 0.313. The van der Waals surface area contributed by atoms with Gasteiger partial charge >= 0.3 is 0 Å². The lowest BCUT2D eigenvalue weighted by molar-refractivity contribution is 0.0674. The second-order valence-electron chi connectivity index (χ2n) is 8.83. The van der Waals surface area contributed by atoms with Crippen LogP contribution in [-0.4, -0.2) is 37.9 Å². The van der Waals surface area contributed by atoms with E-state index >= 15 is 0 Å². The van der Waals surface area contributed by atoms with Gasteiger partial charge < -0.3 is 24.9 Å². The molecule has 10 heteroatoms. The number of anilines is 1. The number of rotatable bonds is 7. The second kappa shape index (κ2) is 9.90. The minimum Gasteiger partial charge on any atom is -0.487 e. The fourth-order valence-corrected chi connectivity index (χ4v) is 4.50. The molecule has 5 aromatic rings. The van der Waals surface area contributed by atoms with Crippen molar-refractivity contribution in [3.05, 3.63) is 78.6 Å². The number of nitrogens with one attached hydrogen (secondary N) is 1. The molecule has 3 aromatic heterocycles. The predicted molar refractivity (Wildman–Crippen MR) is 136 cm³/mol. The van der Waals surface area contributed by atoms with E-state index < -0.39 is 5.82 Å². The highest BCUT2D eigenvalue weighted by Crippen LogP contribution is 2.35. The van der Waals surface area contributed by atoms with E-state index in [1.807, 2.05) is 35.1 Å². The third-order valence-electron chi connectivity index (χ3n) is 6.32. The van der Waals surface area contributed by atoms with Crippen molar-refractivity contribution < 1.29 is 18.6 Å². The summed E-state index contributed by atoms with van der Waals surface area (Å²) in [6.45, 7) is 1.67. The zero-order chi connectivity index (χ0) is 25.2. The molecule has 1 saturated heterocycles. The lowest BCUT2D eigenvalue weighted by Crippen LogP contribution is -2.20. The monoisotopic (exact) mass is 500 g/mol. The van der Waals surface area contributed by atoms with Gasteiger partial charge in [0.1, 0.15) is 47.5 Å². The molecule has 0 saturated carbocycles. The van der Waals surface area contributed by atoms with Crippen LogP contribution in [0.2, 0.25) is 0 Å². The Morgan fingerprint density at radius 1 is 1.03 bits per heavy atom. The van der Waals surface area contributed by atoms with Crippen LogP contribution in [0.5, 0.6) is 17.2 Å². The number of nitrogen functional groups attached to an aromatic ring is 1. The van der Waals surface area contributed by atoms with Gasteiger partial charge in [-0.05, 0) is 49.2 Å². The molecule has 1 aliphatic heterocycles. The van der Waals surface area contributed by atoms with Gasteiger partial charge in [-0.15, -0.1) is 0 Å². The van der Waals surface area contributed by atoms with E-state index in [0.717, 1.165) is 29.5 Å². The Morgan fingerprint density at radius 3 is 2.62 bits per heavy atom. The fraction of sp³-hybridized carbons (Fsp3) is 0.222. The normalized spacial score (nSPS) is 14.2. The molecular weight excluding hydrogens is 475 g/mol. The van der Waals surface area contributed by atoms with Crippen molar-refractivity contribution in [2.75, 3.05) is 18.9 Å². The van der Waals surface area contributed by atoms with E-state index in [4.69, 9.17) is 25.0 Å². The fourth-order valence-electron chi connectivity index (χ4n) is 4.50. The van der Waals surface area contributed by atoms with Gasteiger partial charge in [-0.3, -0.25) is 0 Å². The molecule has 9 nitrogen and oxygen atoms in total. The molecule has 1 aliphatic rings. The highest BCUT2D eigenvalue weighted by atomic mass is 19.1. The molecule has 0 amide bonds. The van der Waals surface area contributed by atoms with Crippen molar-refractivity contribution in [1.82, 2.24) is 24.7 Å². The smallest absolute Gasteiger partial charge is 0.164 e. The Bertz CT molecular complexity index is 1510. The van der Waals surface area contributed by atoms with E-state index in [9.17, 15) is 4.39 Å². The van der Waals surface area contributed by atoms with Crippen molar-refractivity contribution in [2.24, 2.45) is 0 Å². The van der Waals surface area contributed by atoms with Crippen LogP contribution in [-0.2, 0) is 11.3 Å². The minimum absolute atomic E-state index is 0.184. The summed E-state index contributed by atoms with van der Waals surface area (Å²) in [5, 5.41) is 5.61. The summed E-state index contributed by atoms with van der Waals surface area (Å²) in [6.07, 6.45) is 4.99. The van der Waals surface area contributed by atoms with Gasteiger partial charge in [-0.1, -0.05) is 0 Å². The number of aromatic nitrogens is 5. The summed E-state index contributed by atoms with van der Waals surface area (Å²) in [7, 11) is 0. The number of nitrogens with zero attached hydrogens (tertiary/aromatic N) is 4. The van der Waals surface area contributed by atoms with Crippen molar-refractivity contribution in [3.63, 3.8) is 0 Å². The molecule has 0 bridgehead atoms. The largest absolute Gasteiger partial charge is 0.487 e. The Labute approximate surface area is 212 Å². The van der Waals surface area contributed by atoms with Gasteiger partial charge in [0, 0.05) is 43.2 Å². The van der Waals surface area contributed by atoms with Gasteiger partial charge in [-0.2, -0.15) is 5.10 Å². The topological polar surface area (TPSA) is 113 Å². The van der Waals surface area contributed by atoms with E-state index in [1.54, 1.807) is 18.2 Å². The molecule has 6 rings (SSSR count). The van der Waals surface area contributed by atoms with Crippen molar-refractivity contribution in [2.45, 2.75) is 25.5 Å². The molecule has 0 unspecified atom stereocenters. The molecule has 0 radical (unpaired) electrons. The average molecular weight is 501 g/mol. The SMILES string of the molecule is Nc1ncnc2c1c(-c1ccc(Oc3cc(F)cc(OCc4ccc[nH]4)c3)cc1)nn2C1CCOCC1. The van der Waals surface area contributed by atoms with Crippen LogP contribution in [0, 0.1) is 5.82 Å². The molecule has 1 fully saturated rings. The summed E-state index contributed by atoms with van der Waals surface area (Å²) in [4.78, 5) is 11.7. The number of ether oxygens (including phenoxy) is 3. The maximum atomic E-state index is 14.2. The molecule has 37 heavy (non-hydrogen) atoms. The maximum Gasteiger partial charge on any atom is 0.164 e. The number of H-pyrrole nitrogens is 1. The Balaban J connectivity index is 1.25. The number of halogens is 1. The van der Waals surface area contributed by atoms with Crippen molar-refractivity contribution in [1.29, 1.82) is 0 Å². The van der Waals surface area contributed by atoms with Crippen LogP contribution in [0.15, 0.2) is 67.1 Å². The molecule has 0 aliphatic carbocycles. The average Bonchev–Trinajstić information content (AvgIpc) is 3.57. The van der Waals surface area contributed by atoms with Gasteiger partial charge in [0.05, 0.1) is 17.1 Å². The zero-order valence-electron chi connectivity index (χ0n) is 19.9. The molecule has 2 aromatic carbocycles. The molecule has 3 N–H and O–H groups in total. The number of hydrogen-bond acceptors (Lipinski definition) is 7. The van der Waals surface area contributed by atoms with Gasteiger partial charge in [0.25, 0.3) is 0 Å². The lowest BCUT2D eigenvalue weighted by Gasteiger charge is -2.22. The Hall–Kier alpha value is -4.44. The second-order valence-corrected chi connectivity index (χ2v) is 8.83. The van der Waals surface area contributed by atoms with Crippen LogP contribution >= 0.6 is 0 Å². The summed E-state index contributed by atoms with van der Waals surface area (Å²) < 4.78 is 33.3. The van der Waals surface area contributed by atoms with E-state index in [-0.39, 0.29) is 6.04 Å². The number of fused-ring (bicyclic) bond motifs is 1. The van der Waals surface area contributed by atoms with Crippen molar-refractivity contribution >= 4 is 16.9 Å². The molecule has 4 heterocycles. The maximum absolute atomic E-state index is 14.2. The first-order valence-electron chi connectivity index (χ1n) is 12.0. The third-order valence-corrected chi connectivity index (χ3v) is 6.32. The minimum atomic E-state index is -0.448. The molecular formula is C27H25FN6O3. The molecule has 0 spiro atoms. The first-order valence-corrected chi connectivity index (χ1v) is 12.0. The highest BCUT2D eigenvalue weighted by molar-refractivity contribution is 5.98. The van der Waals surface area contributed by atoms with Gasteiger partial charge in [-0.25, -0.2) is 19.0 Å².